The molecule has 1 amide bonds. The lowest BCUT2D eigenvalue weighted by molar-refractivity contribution is -0.143. The van der Waals surface area contributed by atoms with Gasteiger partial charge < -0.3 is 10.4 Å². The largest absolute Gasteiger partial charge is 0.480 e. The number of hydrogen-bond acceptors (Lipinski definition) is 3. The number of carboxylic acids is 1. The number of carbonyl (C=O) groups is 2. The fourth-order valence-corrected chi connectivity index (χ4v) is 2.31. The van der Waals surface area contributed by atoms with Crippen LogP contribution in [-0.4, -0.2) is 47.1 Å². The summed E-state index contributed by atoms with van der Waals surface area (Å²) in [5, 5.41) is 11.7. The highest BCUT2D eigenvalue weighted by atomic mass is 16.4. The van der Waals surface area contributed by atoms with Crippen LogP contribution in [0.1, 0.15) is 40.0 Å². The van der Waals surface area contributed by atoms with E-state index in [1.165, 1.54) is 0 Å². The standard InChI is InChI=1S/C13H24N2O3/c1-4-9(2)12(13(17)18)14-11(16)8-15-7-5-6-10(15)3/h9-10,12H,4-8H2,1-3H3,(H,14,16)(H,17,18)/t9-,10-,12-/m0/s1. The molecule has 0 aliphatic carbocycles. The first-order valence-corrected chi connectivity index (χ1v) is 6.72. The quantitative estimate of drug-likeness (QED) is 0.746. The summed E-state index contributed by atoms with van der Waals surface area (Å²) in [6.45, 7) is 7.10. The fraction of sp³-hybridized carbons (Fsp3) is 0.846. The lowest BCUT2D eigenvalue weighted by Gasteiger charge is -2.24. The molecule has 0 unspecified atom stereocenters. The molecule has 18 heavy (non-hydrogen) atoms. The maximum Gasteiger partial charge on any atom is 0.326 e. The average Bonchev–Trinajstić information content (AvgIpc) is 2.70. The monoisotopic (exact) mass is 256 g/mol. The van der Waals surface area contributed by atoms with Gasteiger partial charge in [-0.2, -0.15) is 0 Å². The Morgan fingerprint density at radius 3 is 2.61 bits per heavy atom. The Bertz CT molecular complexity index is 307. The van der Waals surface area contributed by atoms with Crippen molar-refractivity contribution in [3.8, 4) is 0 Å². The molecule has 0 saturated carbocycles. The number of aliphatic carboxylic acids is 1. The molecule has 0 bridgehead atoms. The molecule has 3 atom stereocenters. The van der Waals surface area contributed by atoms with Gasteiger partial charge in [-0.25, -0.2) is 4.79 Å². The number of nitrogens with one attached hydrogen (secondary N) is 1. The molecule has 5 nitrogen and oxygen atoms in total. The predicted octanol–water partition coefficient (Wildman–Crippen LogP) is 1.09. The summed E-state index contributed by atoms with van der Waals surface area (Å²) in [5.41, 5.74) is 0. The van der Waals surface area contributed by atoms with Gasteiger partial charge in [0.1, 0.15) is 6.04 Å². The molecular weight excluding hydrogens is 232 g/mol. The SMILES string of the molecule is CC[C@H](C)[C@H](NC(=O)CN1CCC[C@@H]1C)C(=O)O. The van der Waals surface area contributed by atoms with Crippen molar-refractivity contribution in [1.82, 2.24) is 10.2 Å². The highest BCUT2D eigenvalue weighted by Gasteiger charge is 2.27. The van der Waals surface area contributed by atoms with Crippen LogP contribution in [-0.2, 0) is 9.59 Å². The van der Waals surface area contributed by atoms with E-state index < -0.39 is 12.0 Å². The maximum absolute atomic E-state index is 11.9. The van der Waals surface area contributed by atoms with Crippen molar-refractivity contribution < 1.29 is 14.7 Å². The molecule has 1 fully saturated rings. The van der Waals surface area contributed by atoms with Crippen molar-refractivity contribution in [3.63, 3.8) is 0 Å². The van der Waals surface area contributed by atoms with Gasteiger partial charge in [-0.15, -0.1) is 0 Å². The second-order valence-corrected chi connectivity index (χ2v) is 5.23. The first-order chi connectivity index (χ1) is 8.45. The molecule has 5 heteroatoms. The van der Waals surface area contributed by atoms with Crippen molar-refractivity contribution in [2.45, 2.75) is 52.1 Å². The summed E-state index contributed by atoms with van der Waals surface area (Å²) in [7, 11) is 0. The van der Waals surface area contributed by atoms with Crippen LogP contribution in [0.2, 0.25) is 0 Å². The lowest BCUT2D eigenvalue weighted by Crippen LogP contribution is -2.48. The van der Waals surface area contributed by atoms with E-state index in [9.17, 15) is 9.59 Å². The zero-order valence-corrected chi connectivity index (χ0v) is 11.5. The fourth-order valence-electron chi connectivity index (χ4n) is 2.31. The molecule has 1 aliphatic heterocycles. The summed E-state index contributed by atoms with van der Waals surface area (Å²) in [6, 6.07) is -0.358. The molecular formula is C13H24N2O3. The first kappa shape index (κ1) is 15.0. The zero-order valence-electron chi connectivity index (χ0n) is 11.5. The van der Waals surface area contributed by atoms with Crippen LogP contribution in [0.25, 0.3) is 0 Å². The average molecular weight is 256 g/mol. The Labute approximate surface area is 109 Å². The summed E-state index contributed by atoms with van der Waals surface area (Å²) < 4.78 is 0. The van der Waals surface area contributed by atoms with E-state index in [-0.39, 0.29) is 11.8 Å². The molecule has 0 aromatic rings. The van der Waals surface area contributed by atoms with E-state index in [1.54, 1.807) is 0 Å². The van der Waals surface area contributed by atoms with E-state index in [2.05, 4.69) is 17.1 Å². The maximum atomic E-state index is 11.9. The van der Waals surface area contributed by atoms with Gasteiger partial charge in [-0.05, 0) is 32.2 Å². The highest BCUT2D eigenvalue weighted by molar-refractivity contribution is 5.84. The van der Waals surface area contributed by atoms with E-state index >= 15 is 0 Å². The zero-order chi connectivity index (χ0) is 13.7. The first-order valence-electron chi connectivity index (χ1n) is 6.72. The lowest BCUT2D eigenvalue weighted by atomic mass is 9.99. The molecule has 1 heterocycles. The van der Waals surface area contributed by atoms with Crippen LogP contribution in [0.5, 0.6) is 0 Å². The normalized spacial score (nSPS) is 23.6. The number of carboxylic acid groups (broad SMARTS) is 1. The van der Waals surface area contributed by atoms with E-state index in [0.29, 0.717) is 12.6 Å². The number of carbonyl (C=O) groups excluding carboxylic acids is 1. The Morgan fingerprint density at radius 2 is 2.17 bits per heavy atom. The van der Waals surface area contributed by atoms with Crippen LogP contribution in [0.3, 0.4) is 0 Å². The molecule has 2 N–H and O–H groups in total. The topological polar surface area (TPSA) is 69.6 Å². The predicted molar refractivity (Wildman–Crippen MR) is 69.3 cm³/mol. The van der Waals surface area contributed by atoms with E-state index in [0.717, 1.165) is 25.8 Å². The van der Waals surface area contributed by atoms with Crippen LogP contribution in [0, 0.1) is 5.92 Å². The van der Waals surface area contributed by atoms with Crippen molar-refractivity contribution in [2.24, 2.45) is 5.92 Å². The minimum atomic E-state index is -0.952. The highest BCUT2D eigenvalue weighted by Crippen LogP contribution is 2.15. The van der Waals surface area contributed by atoms with Crippen molar-refractivity contribution in [1.29, 1.82) is 0 Å². The van der Waals surface area contributed by atoms with Crippen molar-refractivity contribution >= 4 is 11.9 Å². The third-order valence-electron chi connectivity index (χ3n) is 3.83. The third kappa shape index (κ3) is 3.98. The number of nitrogens with zero attached hydrogens (tertiary/aromatic N) is 1. The molecule has 104 valence electrons. The van der Waals surface area contributed by atoms with E-state index in [1.807, 2.05) is 13.8 Å². The third-order valence-corrected chi connectivity index (χ3v) is 3.83. The van der Waals surface area contributed by atoms with Gasteiger partial charge in [0.2, 0.25) is 5.91 Å². The molecule has 0 spiro atoms. The second kappa shape index (κ2) is 6.73. The minimum Gasteiger partial charge on any atom is -0.480 e. The molecule has 1 saturated heterocycles. The summed E-state index contributed by atoms with van der Waals surface area (Å²) in [5.74, 6) is -1.19. The van der Waals surface area contributed by atoms with Crippen molar-refractivity contribution in [3.05, 3.63) is 0 Å². The second-order valence-electron chi connectivity index (χ2n) is 5.23. The Balaban J connectivity index is 2.48. The van der Waals surface area contributed by atoms with Crippen LogP contribution < -0.4 is 5.32 Å². The Kier molecular flexibility index (Phi) is 5.59. The van der Waals surface area contributed by atoms with Crippen molar-refractivity contribution in [2.75, 3.05) is 13.1 Å². The van der Waals surface area contributed by atoms with E-state index in [4.69, 9.17) is 5.11 Å². The van der Waals surface area contributed by atoms with Gasteiger partial charge in [0.15, 0.2) is 0 Å². The van der Waals surface area contributed by atoms with Gasteiger partial charge in [0.25, 0.3) is 0 Å². The molecule has 1 aliphatic rings. The number of rotatable bonds is 6. The molecule has 0 radical (unpaired) electrons. The Morgan fingerprint density at radius 1 is 1.50 bits per heavy atom. The summed E-state index contributed by atoms with van der Waals surface area (Å²) >= 11 is 0. The van der Waals surface area contributed by atoms with Crippen LogP contribution >= 0.6 is 0 Å². The number of likely N-dealkylation sites (tertiary alicyclic amines) is 1. The van der Waals surface area contributed by atoms with Gasteiger partial charge >= 0.3 is 5.97 Å². The summed E-state index contributed by atoms with van der Waals surface area (Å²) in [4.78, 5) is 25.1. The number of hydrogen-bond donors (Lipinski definition) is 2. The number of amides is 1. The van der Waals surface area contributed by atoms with Gasteiger partial charge in [-0.1, -0.05) is 20.3 Å². The Hall–Kier alpha value is -1.10. The summed E-state index contributed by atoms with van der Waals surface area (Å²) in [6.07, 6.45) is 2.96. The minimum absolute atomic E-state index is 0.0533. The van der Waals surface area contributed by atoms with Gasteiger partial charge in [0.05, 0.1) is 6.54 Å². The smallest absolute Gasteiger partial charge is 0.326 e. The van der Waals surface area contributed by atoms with Crippen LogP contribution in [0.4, 0.5) is 0 Å². The molecule has 0 aromatic carbocycles. The molecule has 0 aromatic heterocycles. The van der Waals surface area contributed by atoms with Crippen LogP contribution in [0.15, 0.2) is 0 Å². The van der Waals surface area contributed by atoms with Gasteiger partial charge in [-0.3, -0.25) is 9.69 Å². The molecule has 1 rings (SSSR count). The van der Waals surface area contributed by atoms with Gasteiger partial charge in [0, 0.05) is 6.04 Å².